The number of rotatable bonds is 3. The van der Waals surface area contributed by atoms with Crippen molar-refractivity contribution in [3.05, 3.63) is 29.3 Å². The highest BCUT2D eigenvalue weighted by molar-refractivity contribution is 6.33. The van der Waals surface area contributed by atoms with Crippen molar-refractivity contribution < 1.29 is 8.78 Å². The maximum atomic E-state index is 12.7. The molecule has 0 saturated carbocycles. The number of nitrogens with two attached hydrogens (primary N) is 1. The van der Waals surface area contributed by atoms with Crippen molar-refractivity contribution in [3.8, 4) is 0 Å². The molecule has 1 aromatic carbocycles. The summed E-state index contributed by atoms with van der Waals surface area (Å²) in [7, 11) is 5.60. The van der Waals surface area contributed by atoms with E-state index in [2.05, 4.69) is 0 Å². The summed E-state index contributed by atoms with van der Waals surface area (Å²) in [4.78, 5) is 0. The fourth-order valence-electron chi connectivity index (χ4n) is 1.30. The summed E-state index contributed by atoms with van der Waals surface area (Å²) < 4.78 is 25.4. The SMILES string of the molecule is [B]c1ccc(CC(C)(F)F)cc1CN. The Hall–Kier alpha value is -0.895. The van der Waals surface area contributed by atoms with Crippen LogP contribution in [0.5, 0.6) is 0 Å². The smallest absolute Gasteiger partial charge is 0.249 e. The van der Waals surface area contributed by atoms with Crippen LogP contribution in [0.2, 0.25) is 0 Å². The van der Waals surface area contributed by atoms with Crippen LogP contribution in [-0.4, -0.2) is 13.8 Å². The fourth-order valence-corrected chi connectivity index (χ4v) is 1.30. The van der Waals surface area contributed by atoms with E-state index >= 15 is 0 Å². The molecule has 0 heterocycles. The molecule has 0 atom stereocenters. The topological polar surface area (TPSA) is 26.0 Å². The highest BCUT2D eigenvalue weighted by Gasteiger charge is 2.21. The first kappa shape index (κ1) is 11.2. The molecule has 0 bridgehead atoms. The third-order valence-electron chi connectivity index (χ3n) is 1.94. The van der Waals surface area contributed by atoms with E-state index in [0.29, 0.717) is 16.6 Å². The van der Waals surface area contributed by atoms with Crippen molar-refractivity contribution in [2.75, 3.05) is 0 Å². The maximum absolute atomic E-state index is 12.7. The largest absolute Gasteiger partial charge is 0.327 e. The van der Waals surface area contributed by atoms with Gasteiger partial charge in [-0.1, -0.05) is 23.7 Å². The quantitative estimate of drug-likeness (QED) is 0.719. The van der Waals surface area contributed by atoms with Crippen LogP contribution >= 0.6 is 0 Å². The lowest BCUT2D eigenvalue weighted by molar-refractivity contribution is 0.0226. The van der Waals surface area contributed by atoms with Crippen LogP contribution in [0, 0.1) is 0 Å². The van der Waals surface area contributed by atoms with Gasteiger partial charge in [-0.15, -0.1) is 0 Å². The van der Waals surface area contributed by atoms with Crippen LogP contribution < -0.4 is 11.2 Å². The van der Waals surface area contributed by atoms with Crippen LogP contribution in [0.3, 0.4) is 0 Å². The van der Waals surface area contributed by atoms with Crippen molar-refractivity contribution in [2.24, 2.45) is 5.73 Å². The van der Waals surface area contributed by atoms with E-state index in [9.17, 15) is 8.78 Å². The molecule has 74 valence electrons. The van der Waals surface area contributed by atoms with Crippen molar-refractivity contribution in [1.29, 1.82) is 0 Å². The normalized spacial score (nSPS) is 11.7. The van der Waals surface area contributed by atoms with Gasteiger partial charge in [-0.25, -0.2) is 8.78 Å². The summed E-state index contributed by atoms with van der Waals surface area (Å²) in [6.45, 7) is 1.17. The van der Waals surface area contributed by atoms with Gasteiger partial charge in [0, 0.05) is 13.0 Å². The molecule has 0 aliphatic carbocycles. The predicted molar refractivity (Wildman–Crippen MR) is 54.0 cm³/mol. The lowest BCUT2D eigenvalue weighted by Crippen LogP contribution is -2.18. The van der Waals surface area contributed by atoms with E-state index in [1.54, 1.807) is 18.2 Å². The van der Waals surface area contributed by atoms with Gasteiger partial charge >= 0.3 is 0 Å². The van der Waals surface area contributed by atoms with E-state index in [1.807, 2.05) is 0 Å². The van der Waals surface area contributed by atoms with Gasteiger partial charge in [-0.2, -0.15) is 0 Å². The Morgan fingerprint density at radius 3 is 2.57 bits per heavy atom. The second kappa shape index (κ2) is 4.09. The van der Waals surface area contributed by atoms with Crippen molar-refractivity contribution in [1.82, 2.24) is 0 Å². The van der Waals surface area contributed by atoms with E-state index < -0.39 is 5.92 Å². The number of hydrogen-bond donors (Lipinski definition) is 1. The summed E-state index contributed by atoms with van der Waals surface area (Å²) in [5.74, 6) is -2.69. The van der Waals surface area contributed by atoms with Crippen LogP contribution in [0.15, 0.2) is 18.2 Å². The van der Waals surface area contributed by atoms with Gasteiger partial charge in [0.1, 0.15) is 7.85 Å². The highest BCUT2D eigenvalue weighted by Crippen LogP contribution is 2.18. The Kier molecular flexibility index (Phi) is 3.27. The van der Waals surface area contributed by atoms with E-state index in [-0.39, 0.29) is 13.0 Å². The first-order valence-corrected chi connectivity index (χ1v) is 4.37. The molecule has 2 radical (unpaired) electrons. The molecule has 14 heavy (non-hydrogen) atoms. The van der Waals surface area contributed by atoms with E-state index in [4.69, 9.17) is 13.6 Å². The molecule has 4 heteroatoms. The second-order valence-electron chi connectivity index (χ2n) is 3.48. The Balaban J connectivity index is 2.90. The first-order chi connectivity index (χ1) is 6.42. The highest BCUT2D eigenvalue weighted by atomic mass is 19.3. The van der Waals surface area contributed by atoms with Gasteiger partial charge in [0.05, 0.1) is 0 Å². The van der Waals surface area contributed by atoms with Gasteiger partial charge in [-0.05, 0) is 18.1 Å². The van der Waals surface area contributed by atoms with Gasteiger partial charge in [0.25, 0.3) is 0 Å². The molecule has 0 saturated heterocycles. The monoisotopic (exact) mass is 195 g/mol. The Bertz CT molecular complexity index is 320. The minimum atomic E-state index is -2.69. The second-order valence-corrected chi connectivity index (χ2v) is 3.48. The summed E-state index contributed by atoms with van der Waals surface area (Å²) in [6.07, 6.45) is -0.278. The molecule has 0 fully saturated rings. The van der Waals surface area contributed by atoms with Crippen LogP contribution in [0.4, 0.5) is 8.78 Å². The van der Waals surface area contributed by atoms with Gasteiger partial charge < -0.3 is 5.73 Å². The fraction of sp³-hybridized carbons (Fsp3) is 0.400. The molecule has 0 spiro atoms. The van der Waals surface area contributed by atoms with Crippen LogP contribution in [0.25, 0.3) is 0 Å². The molecular formula is C10H12BF2N. The third kappa shape index (κ3) is 3.11. The average molecular weight is 195 g/mol. The number of hydrogen-bond acceptors (Lipinski definition) is 1. The van der Waals surface area contributed by atoms with Crippen molar-refractivity contribution >= 4 is 13.3 Å². The zero-order valence-corrected chi connectivity index (χ0v) is 8.06. The average Bonchev–Trinajstić information content (AvgIpc) is 2.06. The van der Waals surface area contributed by atoms with Gasteiger partial charge in [0.15, 0.2) is 0 Å². The molecule has 2 N–H and O–H groups in total. The van der Waals surface area contributed by atoms with E-state index in [1.165, 1.54) is 0 Å². The molecule has 1 aromatic rings. The summed E-state index contributed by atoms with van der Waals surface area (Å²) >= 11 is 0. The third-order valence-corrected chi connectivity index (χ3v) is 1.94. The standard InChI is InChI=1S/C10H12BF2N/c1-10(12,13)5-7-2-3-9(11)8(4-7)6-14/h2-4H,5-6,14H2,1H3. The summed E-state index contributed by atoms with van der Waals surface area (Å²) in [6, 6.07) is 4.85. The van der Waals surface area contributed by atoms with Crippen molar-refractivity contribution in [2.45, 2.75) is 25.8 Å². The number of benzene rings is 1. The molecular weight excluding hydrogens is 183 g/mol. The lowest BCUT2D eigenvalue weighted by atomic mass is 9.88. The lowest BCUT2D eigenvalue weighted by Gasteiger charge is -2.12. The molecule has 1 nitrogen and oxygen atoms in total. The summed E-state index contributed by atoms with van der Waals surface area (Å²) in [5, 5.41) is 0. The zero-order chi connectivity index (χ0) is 10.8. The van der Waals surface area contributed by atoms with E-state index in [0.717, 1.165) is 6.92 Å². The Morgan fingerprint density at radius 1 is 1.43 bits per heavy atom. The van der Waals surface area contributed by atoms with Crippen molar-refractivity contribution in [3.63, 3.8) is 0 Å². The minimum absolute atomic E-state index is 0.273. The molecule has 0 aromatic heterocycles. The van der Waals surface area contributed by atoms with Crippen LogP contribution in [-0.2, 0) is 13.0 Å². The number of halogens is 2. The minimum Gasteiger partial charge on any atom is -0.327 e. The molecule has 1 rings (SSSR count). The zero-order valence-electron chi connectivity index (χ0n) is 8.06. The first-order valence-electron chi connectivity index (χ1n) is 4.37. The van der Waals surface area contributed by atoms with Gasteiger partial charge in [-0.3, -0.25) is 0 Å². The molecule has 0 aliphatic heterocycles. The van der Waals surface area contributed by atoms with Crippen LogP contribution in [0.1, 0.15) is 18.1 Å². The summed E-state index contributed by atoms with van der Waals surface area (Å²) in [5.41, 5.74) is 7.24. The molecule has 0 amide bonds. The number of alkyl halides is 2. The Labute approximate surface area is 83.7 Å². The maximum Gasteiger partial charge on any atom is 0.249 e. The molecule has 0 unspecified atom stereocenters. The van der Waals surface area contributed by atoms with Gasteiger partial charge in [0.2, 0.25) is 5.92 Å². The predicted octanol–water partition coefficient (Wildman–Crippen LogP) is 1.14. The molecule has 0 aliphatic rings. The Morgan fingerprint density at radius 2 is 2.07 bits per heavy atom.